The topological polar surface area (TPSA) is 87.7 Å². The fourth-order valence-electron chi connectivity index (χ4n) is 1.09. The zero-order valence-corrected chi connectivity index (χ0v) is 10.9. The van der Waals surface area contributed by atoms with Crippen LogP contribution in [0, 0.1) is 5.92 Å². The molecule has 0 spiro atoms. The van der Waals surface area contributed by atoms with Crippen molar-refractivity contribution in [2.45, 2.75) is 26.4 Å². The third-order valence-corrected chi connectivity index (χ3v) is 1.96. The zero-order valence-electron chi connectivity index (χ0n) is 10.9. The zero-order chi connectivity index (χ0) is 13.5. The molecule has 6 heteroatoms. The number of carbonyl (C=O) groups is 2. The molecule has 0 fully saturated rings. The summed E-state index contributed by atoms with van der Waals surface area (Å²) in [4.78, 5) is 22.6. The van der Waals surface area contributed by atoms with Crippen LogP contribution in [0.1, 0.15) is 20.8 Å². The molecular formula is C11H22N2O4. The minimum absolute atomic E-state index is 0.0330. The van der Waals surface area contributed by atoms with E-state index < -0.39 is 17.4 Å². The normalized spacial score (nSPS) is 14.2. The van der Waals surface area contributed by atoms with Crippen molar-refractivity contribution in [1.29, 1.82) is 0 Å². The molecule has 0 radical (unpaired) electrons. The van der Waals surface area contributed by atoms with Gasteiger partial charge in [0.15, 0.2) is 0 Å². The van der Waals surface area contributed by atoms with Crippen molar-refractivity contribution < 1.29 is 19.4 Å². The van der Waals surface area contributed by atoms with Crippen LogP contribution in [-0.4, -0.2) is 49.3 Å². The van der Waals surface area contributed by atoms with E-state index in [1.807, 2.05) is 13.8 Å². The van der Waals surface area contributed by atoms with E-state index in [9.17, 15) is 14.7 Å². The highest BCUT2D eigenvalue weighted by Crippen LogP contribution is 2.00. The maximum Gasteiger partial charge on any atom is 0.309 e. The number of hydrogen-bond donors (Lipinski definition) is 3. The molecule has 0 aromatic heterocycles. The first-order valence-corrected chi connectivity index (χ1v) is 5.56. The molecule has 0 aliphatic carbocycles. The molecule has 0 aromatic carbocycles. The van der Waals surface area contributed by atoms with Gasteiger partial charge in [-0.1, -0.05) is 13.8 Å². The van der Waals surface area contributed by atoms with Gasteiger partial charge in [0, 0.05) is 20.2 Å². The van der Waals surface area contributed by atoms with E-state index in [1.54, 1.807) is 0 Å². The van der Waals surface area contributed by atoms with Crippen molar-refractivity contribution in [2.24, 2.45) is 5.92 Å². The van der Waals surface area contributed by atoms with Crippen molar-refractivity contribution in [3.8, 4) is 0 Å². The van der Waals surface area contributed by atoms with Gasteiger partial charge in [0.05, 0.1) is 6.61 Å². The van der Waals surface area contributed by atoms with E-state index in [4.69, 9.17) is 4.74 Å². The number of carbonyl (C=O) groups excluding carboxylic acids is 2. The van der Waals surface area contributed by atoms with Crippen LogP contribution >= 0.6 is 0 Å². The lowest BCUT2D eigenvalue weighted by atomic mass is 10.1. The smallest absolute Gasteiger partial charge is 0.309 e. The van der Waals surface area contributed by atoms with E-state index in [2.05, 4.69) is 10.6 Å². The van der Waals surface area contributed by atoms with E-state index in [0.717, 1.165) is 0 Å². The van der Waals surface area contributed by atoms with Crippen molar-refractivity contribution in [3.05, 3.63) is 0 Å². The summed E-state index contributed by atoms with van der Waals surface area (Å²) in [5.41, 5.74) is -1.18. The molecule has 1 atom stereocenters. The molecule has 0 heterocycles. The highest BCUT2D eigenvalue weighted by atomic mass is 16.5. The number of amides is 2. The van der Waals surface area contributed by atoms with Gasteiger partial charge >= 0.3 is 11.8 Å². The van der Waals surface area contributed by atoms with Crippen molar-refractivity contribution >= 4 is 11.8 Å². The third kappa shape index (κ3) is 7.70. The standard InChI is InChI=1S/C11H22N2O4/c1-8(2)5-12-9(14)10(15)13-6-11(3,16)7-17-4/h8,16H,5-7H2,1-4H3,(H,12,14)(H,13,15). The van der Waals surface area contributed by atoms with Gasteiger partial charge in [0.2, 0.25) is 0 Å². The van der Waals surface area contributed by atoms with Crippen molar-refractivity contribution in [2.75, 3.05) is 26.8 Å². The molecule has 3 N–H and O–H groups in total. The molecule has 100 valence electrons. The molecule has 1 unspecified atom stereocenters. The van der Waals surface area contributed by atoms with E-state index >= 15 is 0 Å². The van der Waals surface area contributed by atoms with Crippen LogP contribution in [0.2, 0.25) is 0 Å². The number of nitrogens with one attached hydrogen (secondary N) is 2. The molecule has 0 saturated heterocycles. The predicted molar refractivity (Wildman–Crippen MR) is 63.4 cm³/mol. The molecule has 17 heavy (non-hydrogen) atoms. The summed E-state index contributed by atoms with van der Waals surface area (Å²) >= 11 is 0. The van der Waals surface area contributed by atoms with Crippen molar-refractivity contribution in [1.82, 2.24) is 10.6 Å². The maximum atomic E-state index is 11.3. The lowest BCUT2D eigenvalue weighted by molar-refractivity contribution is -0.140. The Hall–Kier alpha value is -1.14. The predicted octanol–water partition coefficient (Wildman–Crippen LogP) is -0.728. The summed E-state index contributed by atoms with van der Waals surface area (Å²) in [6.45, 7) is 5.88. The summed E-state index contributed by atoms with van der Waals surface area (Å²) < 4.78 is 4.78. The Bertz CT molecular complexity index is 264. The van der Waals surface area contributed by atoms with Crippen molar-refractivity contribution in [3.63, 3.8) is 0 Å². The van der Waals surface area contributed by atoms with Gasteiger partial charge in [-0.15, -0.1) is 0 Å². The molecule has 0 aromatic rings. The number of rotatable bonds is 6. The lowest BCUT2D eigenvalue weighted by Gasteiger charge is -2.22. The Morgan fingerprint density at radius 1 is 1.29 bits per heavy atom. The first kappa shape index (κ1) is 15.9. The molecular weight excluding hydrogens is 224 g/mol. The number of aliphatic hydroxyl groups is 1. The second-order valence-electron chi connectivity index (χ2n) is 4.72. The van der Waals surface area contributed by atoms with Crippen LogP contribution in [0.3, 0.4) is 0 Å². The Kier molecular flexibility index (Phi) is 6.75. The molecule has 0 aliphatic heterocycles. The Labute approximate surface area is 102 Å². The number of methoxy groups -OCH3 is 1. The summed E-state index contributed by atoms with van der Waals surface area (Å²) in [5.74, 6) is -1.16. The molecule has 0 saturated carbocycles. The quantitative estimate of drug-likeness (QED) is 0.539. The average Bonchev–Trinajstić information content (AvgIpc) is 2.22. The lowest BCUT2D eigenvalue weighted by Crippen LogP contribution is -2.48. The van der Waals surface area contributed by atoms with Gasteiger partial charge in [-0.05, 0) is 12.8 Å². The monoisotopic (exact) mass is 246 g/mol. The number of ether oxygens (including phenoxy) is 1. The van der Waals surface area contributed by atoms with Gasteiger partial charge in [0.1, 0.15) is 5.60 Å². The second-order valence-corrected chi connectivity index (χ2v) is 4.72. The summed E-state index contributed by atoms with van der Waals surface area (Å²) in [6.07, 6.45) is 0. The number of hydrogen-bond acceptors (Lipinski definition) is 4. The summed E-state index contributed by atoms with van der Waals surface area (Å²) in [6, 6.07) is 0. The summed E-state index contributed by atoms with van der Waals surface area (Å²) in [7, 11) is 1.45. The van der Waals surface area contributed by atoms with Gasteiger partial charge in [0.25, 0.3) is 0 Å². The van der Waals surface area contributed by atoms with E-state index in [-0.39, 0.29) is 19.1 Å². The largest absolute Gasteiger partial charge is 0.386 e. The minimum atomic E-state index is -1.18. The van der Waals surface area contributed by atoms with Crippen LogP contribution < -0.4 is 10.6 Å². The van der Waals surface area contributed by atoms with Gasteiger partial charge in [-0.3, -0.25) is 9.59 Å². The minimum Gasteiger partial charge on any atom is -0.386 e. The molecule has 6 nitrogen and oxygen atoms in total. The summed E-state index contributed by atoms with van der Waals surface area (Å²) in [5, 5.41) is 14.5. The van der Waals surface area contributed by atoms with E-state index in [1.165, 1.54) is 14.0 Å². The Morgan fingerprint density at radius 2 is 1.82 bits per heavy atom. The fraction of sp³-hybridized carbons (Fsp3) is 0.818. The van der Waals surface area contributed by atoms with Crippen LogP contribution in [0.4, 0.5) is 0 Å². The second kappa shape index (κ2) is 7.24. The van der Waals surface area contributed by atoms with Gasteiger partial charge in [-0.25, -0.2) is 0 Å². The van der Waals surface area contributed by atoms with Crippen LogP contribution in [0.15, 0.2) is 0 Å². The molecule has 0 aliphatic rings. The van der Waals surface area contributed by atoms with Gasteiger partial charge < -0.3 is 20.5 Å². The maximum absolute atomic E-state index is 11.3. The first-order valence-electron chi connectivity index (χ1n) is 5.56. The van der Waals surface area contributed by atoms with Gasteiger partial charge in [-0.2, -0.15) is 0 Å². The fourth-order valence-corrected chi connectivity index (χ4v) is 1.09. The molecule has 0 rings (SSSR count). The van der Waals surface area contributed by atoms with Crippen LogP contribution in [0.5, 0.6) is 0 Å². The highest BCUT2D eigenvalue weighted by molar-refractivity contribution is 6.35. The molecule has 2 amide bonds. The van der Waals surface area contributed by atoms with E-state index in [0.29, 0.717) is 6.54 Å². The van der Waals surface area contributed by atoms with Crippen LogP contribution in [-0.2, 0) is 14.3 Å². The third-order valence-electron chi connectivity index (χ3n) is 1.96. The van der Waals surface area contributed by atoms with Crippen LogP contribution in [0.25, 0.3) is 0 Å². The molecule has 0 bridgehead atoms. The SMILES string of the molecule is COCC(C)(O)CNC(=O)C(=O)NCC(C)C. The first-order chi connectivity index (χ1) is 7.78. The highest BCUT2D eigenvalue weighted by Gasteiger charge is 2.23. The Balaban J connectivity index is 3.97. The Morgan fingerprint density at radius 3 is 2.29 bits per heavy atom. The average molecular weight is 246 g/mol.